The number of amides is 2. The van der Waals surface area contributed by atoms with Gasteiger partial charge in [0.15, 0.2) is 5.11 Å². The second-order valence-electron chi connectivity index (χ2n) is 13.5. The number of rotatable bonds is 7. The fourth-order valence-corrected chi connectivity index (χ4v) is 6.68. The standard InChI is InChI=1S/C34H42F3N5O4S/c1-9-23-16-26(12-13-28(23)45-15-14-39-19-21(2)40(22(3)20-39)31(44)46-32(4,5)6)42-30(47)41(29(43)33(42,7)8)25-11-10-24(18-38)27(17-25)34(35,36)37/h10-13,16-17,21-22H,9,14-15,19-20H2,1-8H3/t21-,22+. The molecule has 0 radical (unpaired) electrons. The Hall–Kier alpha value is -3.89. The van der Waals surface area contributed by atoms with E-state index in [0.717, 1.165) is 22.6 Å². The summed E-state index contributed by atoms with van der Waals surface area (Å²) >= 11 is 5.69. The molecule has 2 aromatic rings. The van der Waals surface area contributed by atoms with E-state index in [4.69, 9.17) is 21.7 Å². The van der Waals surface area contributed by atoms with E-state index in [2.05, 4.69) is 4.90 Å². The highest BCUT2D eigenvalue weighted by Crippen LogP contribution is 2.40. The fourth-order valence-electron chi connectivity index (χ4n) is 6.16. The summed E-state index contributed by atoms with van der Waals surface area (Å²) in [5.74, 6) is 0.187. The van der Waals surface area contributed by atoms with E-state index in [0.29, 0.717) is 44.1 Å². The molecule has 2 aliphatic rings. The summed E-state index contributed by atoms with van der Waals surface area (Å²) in [7, 11) is 0. The minimum absolute atomic E-state index is 0.0293. The first-order valence-corrected chi connectivity index (χ1v) is 16.0. The van der Waals surface area contributed by atoms with Crippen LogP contribution in [-0.4, -0.2) is 76.4 Å². The van der Waals surface area contributed by atoms with Crippen LogP contribution in [0.5, 0.6) is 5.75 Å². The van der Waals surface area contributed by atoms with Gasteiger partial charge in [-0.25, -0.2) is 4.79 Å². The molecule has 13 heteroatoms. The summed E-state index contributed by atoms with van der Waals surface area (Å²) in [6.45, 7) is 17.3. The zero-order valence-corrected chi connectivity index (χ0v) is 28.9. The minimum Gasteiger partial charge on any atom is -0.492 e. The lowest BCUT2D eigenvalue weighted by Gasteiger charge is -2.44. The average Bonchev–Trinajstić information content (AvgIpc) is 3.13. The number of hydrogen-bond donors (Lipinski definition) is 0. The predicted molar refractivity (Wildman–Crippen MR) is 178 cm³/mol. The average molecular weight is 674 g/mol. The Bertz CT molecular complexity index is 1570. The minimum atomic E-state index is -4.78. The topological polar surface area (TPSA) is 89.4 Å². The van der Waals surface area contributed by atoms with E-state index in [-0.39, 0.29) is 29.0 Å². The molecule has 4 rings (SSSR count). The molecule has 0 spiro atoms. The van der Waals surface area contributed by atoms with E-state index in [1.54, 1.807) is 35.8 Å². The van der Waals surface area contributed by atoms with Crippen molar-refractivity contribution in [3.05, 3.63) is 53.1 Å². The number of alkyl halides is 3. The van der Waals surface area contributed by atoms with Gasteiger partial charge in [-0.1, -0.05) is 6.92 Å². The van der Waals surface area contributed by atoms with Crippen molar-refractivity contribution >= 4 is 40.7 Å². The number of nitrogens with zero attached hydrogens (tertiary/aromatic N) is 5. The van der Waals surface area contributed by atoms with Crippen LogP contribution >= 0.6 is 12.2 Å². The first kappa shape index (κ1) is 36.0. The van der Waals surface area contributed by atoms with E-state index in [1.807, 2.05) is 53.7 Å². The number of ether oxygens (including phenoxy) is 2. The molecule has 254 valence electrons. The second kappa shape index (κ2) is 13.3. The van der Waals surface area contributed by atoms with E-state index in [1.165, 1.54) is 6.07 Å². The van der Waals surface area contributed by atoms with E-state index < -0.39 is 34.4 Å². The van der Waals surface area contributed by atoms with Gasteiger partial charge in [-0.2, -0.15) is 18.4 Å². The van der Waals surface area contributed by atoms with Crippen LogP contribution < -0.4 is 14.5 Å². The fraction of sp³-hybridized carbons (Fsp3) is 0.529. The van der Waals surface area contributed by atoms with Gasteiger partial charge in [-0.3, -0.25) is 14.6 Å². The third kappa shape index (κ3) is 7.49. The molecule has 2 heterocycles. The molecule has 2 fully saturated rings. The molecule has 2 atom stereocenters. The SMILES string of the molecule is CCc1cc(N2C(=S)N(c3ccc(C#N)c(C(F)(F)F)c3)C(=O)C2(C)C)ccc1OCCN1C[C@@H](C)N(C(=O)OC(C)(C)C)[C@@H](C)C1. The van der Waals surface area contributed by atoms with Crippen LogP contribution in [0, 0.1) is 11.3 Å². The zero-order valence-electron chi connectivity index (χ0n) is 28.1. The van der Waals surface area contributed by atoms with Gasteiger partial charge >= 0.3 is 12.3 Å². The second-order valence-corrected chi connectivity index (χ2v) is 13.9. The van der Waals surface area contributed by atoms with Crippen LogP contribution in [0.25, 0.3) is 0 Å². The first-order chi connectivity index (χ1) is 21.8. The quantitative estimate of drug-likeness (QED) is 0.298. The van der Waals surface area contributed by atoms with Crippen molar-refractivity contribution < 1.29 is 32.2 Å². The summed E-state index contributed by atoms with van der Waals surface area (Å²) in [6.07, 6.45) is -4.47. The molecule has 2 aromatic carbocycles. The Labute approximate surface area is 279 Å². The number of carbonyl (C=O) groups is 2. The lowest BCUT2D eigenvalue weighted by molar-refractivity contribution is -0.137. The molecule has 0 aromatic heterocycles. The maximum Gasteiger partial charge on any atom is 0.417 e. The third-order valence-corrected chi connectivity index (χ3v) is 8.67. The summed E-state index contributed by atoms with van der Waals surface area (Å²) < 4.78 is 52.9. The maximum absolute atomic E-state index is 13.7. The Morgan fingerprint density at radius 3 is 2.23 bits per heavy atom. The van der Waals surface area contributed by atoms with Gasteiger partial charge in [-0.15, -0.1) is 0 Å². The van der Waals surface area contributed by atoms with Crippen LogP contribution in [0.15, 0.2) is 36.4 Å². The number of benzene rings is 2. The zero-order chi connectivity index (χ0) is 35.1. The van der Waals surface area contributed by atoms with Crippen LogP contribution in [0.1, 0.15) is 72.1 Å². The van der Waals surface area contributed by atoms with Gasteiger partial charge in [0.05, 0.1) is 22.9 Å². The van der Waals surface area contributed by atoms with Crippen molar-refractivity contribution in [2.45, 2.75) is 91.2 Å². The number of halogens is 3. The van der Waals surface area contributed by atoms with Gasteiger partial charge in [0.25, 0.3) is 5.91 Å². The molecule has 0 unspecified atom stereocenters. The number of anilines is 2. The number of thiocarbonyl (C=S) groups is 1. The number of carbonyl (C=O) groups excluding carboxylic acids is 2. The summed E-state index contributed by atoms with van der Waals surface area (Å²) in [4.78, 5) is 33.1. The van der Waals surface area contributed by atoms with Crippen LogP contribution in [0.4, 0.5) is 29.3 Å². The lowest BCUT2D eigenvalue weighted by atomic mass is 10.0. The van der Waals surface area contributed by atoms with Gasteiger partial charge in [0.1, 0.15) is 23.5 Å². The number of piperazine rings is 1. The highest BCUT2D eigenvalue weighted by Gasteiger charge is 2.51. The molecule has 9 nitrogen and oxygen atoms in total. The highest BCUT2D eigenvalue weighted by atomic mass is 32.1. The smallest absolute Gasteiger partial charge is 0.417 e. The molecule has 47 heavy (non-hydrogen) atoms. The van der Waals surface area contributed by atoms with Crippen LogP contribution in [0.2, 0.25) is 0 Å². The molecular weight excluding hydrogens is 631 g/mol. The Morgan fingerprint density at radius 2 is 1.68 bits per heavy atom. The monoisotopic (exact) mass is 673 g/mol. The first-order valence-electron chi connectivity index (χ1n) is 15.6. The Morgan fingerprint density at radius 1 is 1.06 bits per heavy atom. The third-order valence-electron chi connectivity index (χ3n) is 8.30. The highest BCUT2D eigenvalue weighted by molar-refractivity contribution is 7.81. The van der Waals surface area contributed by atoms with Crippen LogP contribution in [0.3, 0.4) is 0 Å². The van der Waals surface area contributed by atoms with Crippen molar-refractivity contribution in [2.24, 2.45) is 0 Å². The lowest BCUT2D eigenvalue weighted by Crippen LogP contribution is -2.59. The van der Waals surface area contributed by atoms with Crippen molar-refractivity contribution in [1.29, 1.82) is 5.26 Å². The molecule has 0 aliphatic carbocycles. The molecule has 0 N–H and O–H groups in total. The van der Waals surface area contributed by atoms with Crippen molar-refractivity contribution in [3.63, 3.8) is 0 Å². The van der Waals surface area contributed by atoms with E-state index in [9.17, 15) is 28.0 Å². The normalized spacial score (nSPS) is 20.4. The van der Waals surface area contributed by atoms with Gasteiger partial charge < -0.3 is 19.3 Å². The van der Waals surface area contributed by atoms with Crippen molar-refractivity contribution in [3.8, 4) is 11.8 Å². The largest absolute Gasteiger partial charge is 0.492 e. The predicted octanol–water partition coefficient (Wildman–Crippen LogP) is 6.76. The van der Waals surface area contributed by atoms with Gasteiger partial charge in [-0.05, 0) is 109 Å². The molecule has 0 bridgehead atoms. The summed E-state index contributed by atoms with van der Waals surface area (Å²) in [5.41, 5.74) is -2.02. The van der Waals surface area contributed by atoms with Gasteiger partial charge in [0.2, 0.25) is 0 Å². The number of aryl methyl sites for hydroxylation is 1. The van der Waals surface area contributed by atoms with Gasteiger partial charge in [0, 0.05) is 37.4 Å². The molecule has 2 amide bonds. The number of hydrogen-bond acceptors (Lipinski definition) is 7. The maximum atomic E-state index is 13.7. The van der Waals surface area contributed by atoms with Crippen LogP contribution in [-0.2, 0) is 22.1 Å². The van der Waals surface area contributed by atoms with Crippen molar-refractivity contribution in [1.82, 2.24) is 9.80 Å². The van der Waals surface area contributed by atoms with Crippen molar-refractivity contribution in [2.75, 3.05) is 36.0 Å². The summed E-state index contributed by atoms with van der Waals surface area (Å²) in [5, 5.41) is 9.22. The summed E-state index contributed by atoms with van der Waals surface area (Å²) in [6, 6.07) is 10.1. The molecular formula is C34H42F3N5O4S. The Balaban J connectivity index is 1.47. The number of nitriles is 1. The molecule has 2 aliphatic heterocycles. The Kier molecular flexibility index (Phi) is 10.2. The van der Waals surface area contributed by atoms with E-state index >= 15 is 0 Å². The molecule has 2 saturated heterocycles. The molecule has 0 saturated carbocycles.